The number of nitrogens with zero attached hydrogens (tertiary/aromatic N) is 3. The van der Waals surface area contributed by atoms with Crippen molar-refractivity contribution in [2.24, 2.45) is 54.4 Å². The van der Waals surface area contributed by atoms with Gasteiger partial charge in [0.1, 0.15) is 0 Å². The van der Waals surface area contributed by atoms with E-state index in [0.29, 0.717) is 23.7 Å². The lowest BCUT2D eigenvalue weighted by atomic mass is 9.83. The van der Waals surface area contributed by atoms with Crippen molar-refractivity contribution in [1.82, 2.24) is 13.9 Å². The molecule has 1 aromatic heterocycles. The SMILES string of the molecule is Cn1c(=O)n2n(c1=O)[C@@H]1C(=C3[C@@H]2[C@@H]2CC[C@H]4CC[C@@H]3[C@H]42)[C@@H]2CC[C@@H]3CC[C@H]1[C@@H]32. The Kier molecular flexibility index (Phi) is 2.53. The molecule has 0 aromatic carbocycles. The Morgan fingerprint density at radius 1 is 0.643 bits per heavy atom. The lowest BCUT2D eigenvalue weighted by molar-refractivity contribution is 0.225. The van der Waals surface area contributed by atoms with Crippen LogP contribution in [0.25, 0.3) is 0 Å². The van der Waals surface area contributed by atoms with Crippen LogP contribution in [0.15, 0.2) is 20.7 Å². The number of rotatable bonds is 0. The minimum Gasteiger partial charge on any atom is -0.246 e. The van der Waals surface area contributed by atoms with Crippen LogP contribution in [0.5, 0.6) is 0 Å². The van der Waals surface area contributed by atoms with Crippen molar-refractivity contribution in [3.63, 3.8) is 0 Å². The smallest absolute Gasteiger partial charge is 0.246 e. The monoisotopic (exact) mass is 379 g/mol. The van der Waals surface area contributed by atoms with Crippen LogP contribution >= 0.6 is 0 Å². The molecular formula is C23H29N3O2. The van der Waals surface area contributed by atoms with Crippen LogP contribution in [0.4, 0.5) is 0 Å². The zero-order valence-electron chi connectivity index (χ0n) is 16.6. The lowest BCUT2D eigenvalue weighted by Crippen LogP contribution is -2.41. The molecule has 0 N–H and O–H groups in total. The molecule has 0 saturated heterocycles. The standard InChI is InChI=1S/C23H29N3O2/c1-24-22(27)25-20-14-8-4-10-2-6-12(16(10)14)18(20)19-13-7-3-11-5-9-15(17(11)13)21(19)26(25)23(24)28/h10-17,20-21H,2-9H2,1H3/t10-,11-,12-,13-,14-,15+,16+,17+,20+,21+/m1/s1. The van der Waals surface area contributed by atoms with Gasteiger partial charge < -0.3 is 0 Å². The highest BCUT2D eigenvalue weighted by Crippen LogP contribution is 2.71. The van der Waals surface area contributed by atoms with Crippen molar-refractivity contribution in [3.05, 3.63) is 32.1 Å². The van der Waals surface area contributed by atoms with Crippen LogP contribution in [-0.2, 0) is 7.05 Å². The van der Waals surface area contributed by atoms with E-state index in [2.05, 4.69) is 0 Å². The number of hydrogen-bond donors (Lipinski definition) is 0. The van der Waals surface area contributed by atoms with Gasteiger partial charge in [-0.1, -0.05) is 0 Å². The second-order valence-electron chi connectivity index (χ2n) is 11.1. The van der Waals surface area contributed by atoms with Crippen LogP contribution < -0.4 is 11.4 Å². The topological polar surface area (TPSA) is 48.9 Å². The summed E-state index contributed by atoms with van der Waals surface area (Å²) in [7, 11) is 1.70. The zero-order chi connectivity index (χ0) is 18.5. The van der Waals surface area contributed by atoms with Gasteiger partial charge in [-0.15, -0.1) is 0 Å². The number of fused-ring (bicyclic) bond motifs is 9. The second kappa shape index (κ2) is 4.62. The number of allylic oxidation sites excluding steroid dienone is 2. The van der Waals surface area contributed by atoms with E-state index >= 15 is 0 Å². The van der Waals surface area contributed by atoms with Crippen molar-refractivity contribution in [1.29, 1.82) is 0 Å². The highest BCUT2D eigenvalue weighted by atomic mass is 16.2. The summed E-state index contributed by atoms with van der Waals surface area (Å²) in [5.74, 6) is 5.98. The van der Waals surface area contributed by atoms with E-state index in [9.17, 15) is 9.59 Å². The molecule has 7 aliphatic rings. The largest absolute Gasteiger partial charge is 0.347 e. The van der Waals surface area contributed by atoms with Gasteiger partial charge in [0, 0.05) is 7.05 Å². The minimum absolute atomic E-state index is 0.0541. The van der Waals surface area contributed by atoms with E-state index in [-0.39, 0.29) is 23.5 Å². The molecule has 5 nitrogen and oxygen atoms in total. The van der Waals surface area contributed by atoms with Gasteiger partial charge in [0.15, 0.2) is 0 Å². The van der Waals surface area contributed by atoms with Gasteiger partial charge in [-0.05, 0) is 110 Å². The molecule has 2 heterocycles. The summed E-state index contributed by atoms with van der Waals surface area (Å²) >= 11 is 0. The van der Waals surface area contributed by atoms with Gasteiger partial charge >= 0.3 is 11.4 Å². The minimum atomic E-state index is -0.0541. The van der Waals surface area contributed by atoms with Gasteiger partial charge in [0.25, 0.3) is 0 Å². The molecule has 6 fully saturated rings. The molecular weight excluding hydrogens is 350 g/mol. The zero-order valence-corrected chi connectivity index (χ0v) is 16.6. The molecule has 6 aliphatic carbocycles. The Morgan fingerprint density at radius 3 is 1.54 bits per heavy atom. The average Bonchev–Trinajstić information content (AvgIpc) is 3.46. The highest BCUT2D eigenvalue weighted by Gasteiger charge is 2.65. The van der Waals surface area contributed by atoms with E-state index < -0.39 is 0 Å². The molecule has 1 aliphatic heterocycles. The Labute approximate surface area is 164 Å². The fourth-order valence-corrected chi connectivity index (χ4v) is 10.2. The van der Waals surface area contributed by atoms with E-state index in [4.69, 9.17) is 0 Å². The summed E-state index contributed by atoms with van der Waals surface area (Å²) in [5, 5.41) is 0. The fourth-order valence-electron chi connectivity index (χ4n) is 10.2. The Hall–Kier alpha value is -1.52. The third-order valence-corrected chi connectivity index (χ3v) is 10.8. The van der Waals surface area contributed by atoms with Crippen LogP contribution in [0.3, 0.4) is 0 Å². The molecule has 6 saturated carbocycles. The van der Waals surface area contributed by atoms with Gasteiger partial charge in [-0.2, -0.15) is 0 Å². The van der Waals surface area contributed by atoms with Crippen LogP contribution in [-0.4, -0.2) is 13.9 Å². The summed E-state index contributed by atoms with van der Waals surface area (Å²) in [5.41, 5.74) is 3.27. The molecule has 0 bridgehead atoms. The summed E-state index contributed by atoms with van der Waals surface area (Å²) in [4.78, 5) is 26.6. The maximum Gasteiger partial charge on any atom is 0.347 e. The third kappa shape index (κ3) is 1.39. The van der Waals surface area contributed by atoms with Gasteiger partial charge in [-0.3, -0.25) is 0 Å². The molecule has 5 heteroatoms. The lowest BCUT2D eigenvalue weighted by Gasteiger charge is -2.36. The van der Waals surface area contributed by atoms with Gasteiger partial charge in [0.2, 0.25) is 0 Å². The molecule has 1 aromatic rings. The van der Waals surface area contributed by atoms with E-state index in [1.54, 1.807) is 18.2 Å². The maximum absolute atomic E-state index is 13.3. The maximum atomic E-state index is 13.3. The first kappa shape index (κ1) is 15.3. The average molecular weight is 380 g/mol. The first-order chi connectivity index (χ1) is 13.7. The number of aromatic nitrogens is 3. The molecule has 28 heavy (non-hydrogen) atoms. The summed E-state index contributed by atoms with van der Waals surface area (Å²) in [6, 6.07) is 0.400. The van der Waals surface area contributed by atoms with Crippen molar-refractivity contribution >= 4 is 0 Å². The predicted octanol–water partition coefficient (Wildman–Crippen LogP) is 2.87. The van der Waals surface area contributed by atoms with Crippen molar-refractivity contribution in [2.45, 2.75) is 63.5 Å². The first-order valence-electron chi connectivity index (χ1n) is 11.8. The van der Waals surface area contributed by atoms with Gasteiger partial charge in [-0.25, -0.2) is 23.5 Å². The normalized spacial score (nSPS) is 51.5. The van der Waals surface area contributed by atoms with E-state index in [1.165, 1.54) is 55.9 Å². The molecule has 10 atom stereocenters. The van der Waals surface area contributed by atoms with Crippen LogP contribution in [0.2, 0.25) is 0 Å². The molecule has 8 rings (SSSR count). The van der Waals surface area contributed by atoms with E-state index in [1.807, 2.05) is 9.36 Å². The van der Waals surface area contributed by atoms with Crippen molar-refractivity contribution in [2.75, 3.05) is 0 Å². The Bertz CT molecular complexity index is 991. The highest BCUT2D eigenvalue weighted by molar-refractivity contribution is 5.41. The molecule has 0 amide bonds. The third-order valence-electron chi connectivity index (χ3n) is 10.8. The summed E-state index contributed by atoms with van der Waals surface area (Å²) in [6.45, 7) is 0. The fraction of sp³-hybridized carbons (Fsp3) is 0.826. The second-order valence-corrected chi connectivity index (χ2v) is 11.1. The number of hydrogen-bond acceptors (Lipinski definition) is 2. The Morgan fingerprint density at radius 2 is 1.07 bits per heavy atom. The molecule has 148 valence electrons. The van der Waals surface area contributed by atoms with Crippen molar-refractivity contribution < 1.29 is 0 Å². The quantitative estimate of drug-likeness (QED) is 0.651. The Balaban J connectivity index is 1.47. The van der Waals surface area contributed by atoms with Gasteiger partial charge in [0.05, 0.1) is 12.1 Å². The van der Waals surface area contributed by atoms with Crippen molar-refractivity contribution in [3.8, 4) is 0 Å². The first-order valence-corrected chi connectivity index (χ1v) is 11.8. The van der Waals surface area contributed by atoms with Crippen LogP contribution in [0, 0.1) is 47.3 Å². The molecule has 0 unspecified atom stereocenters. The molecule has 0 radical (unpaired) electrons. The summed E-state index contributed by atoms with van der Waals surface area (Å²) in [6.07, 6.45) is 10.7. The van der Waals surface area contributed by atoms with Crippen LogP contribution in [0.1, 0.15) is 63.5 Å². The summed E-state index contributed by atoms with van der Waals surface area (Å²) < 4.78 is 5.39. The van der Waals surface area contributed by atoms with E-state index in [0.717, 1.165) is 23.7 Å². The predicted molar refractivity (Wildman–Crippen MR) is 104 cm³/mol. The molecule has 0 spiro atoms.